The number of alkyl halides is 3. The number of pyridine rings is 1. The Morgan fingerprint density at radius 3 is 2.31 bits per heavy atom. The zero-order valence-electron chi connectivity index (χ0n) is 26.5. The van der Waals surface area contributed by atoms with E-state index in [-0.39, 0.29) is 56.7 Å². The second-order valence-corrected chi connectivity index (χ2v) is 14.3. The number of aromatic nitrogens is 3. The Bertz CT molecular complexity index is 1930. The summed E-state index contributed by atoms with van der Waals surface area (Å²) in [5.41, 5.74) is -1.60. The molecule has 16 heteroatoms. The summed E-state index contributed by atoms with van der Waals surface area (Å²) in [5, 5.41) is 5.85. The number of nitrogens with one attached hydrogen (secondary N) is 3. The molecule has 0 saturated heterocycles. The van der Waals surface area contributed by atoms with E-state index >= 15 is 0 Å². The lowest BCUT2D eigenvalue weighted by Gasteiger charge is -2.30. The van der Waals surface area contributed by atoms with Gasteiger partial charge in [-0.25, -0.2) is 14.8 Å². The average Bonchev–Trinajstić information content (AvgIpc) is 3.01. The minimum atomic E-state index is -4.78. The second-order valence-electron chi connectivity index (χ2n) is 12.3. The van der Waals surface area contributed by atoms with E-state index < -0.39 is 38.5 Å². The minimum absolute atomic E-state index is 0.0455. The van der Waals surface area contributed by atoms with Gasteiger partial charge in [0.2, 0.25) is 11.8 Å². The highest BCUT2D eigenvalue weighted by Gasteiger charge is 2.35. The van der Waals surface area contributed by atoms with Gasteiger partial charge in [-0.15, -0.1) is 0 Å². The van der Waals surface area contributed by atoms with Crippen LogP contribution in [-0.2, 0) is 20.9 Å². The molecule has 5 rings (SSSR count). The van der Waals surface area contributed by atoms with E-state index in [9.17, 15) is 26.4 Å². The topological polar surface area (TPSA) is 144 Å². The fourth-order valence-electron chi connectivity index (χ4n) is 5.32. The third kappa shape index (κ3) is 8.37. The van der Waals surface area contributed by atoms with Crippen LogP contribution in [0.5, 0.6) is 5.88 Å². The van der Waals surface area contributed by atoms with Crippen molar-refractivity contribution < 1.29 is 35.9 Å². The van der Waals surface area contributed by atoms with Gasteiger partial charge in [0, 0.05) is 29.2 Å². The third-order valence-electron chi connectivity index (χ3n) is 7.50. The van der Waals surface area contributed by atoms with Crippen molar-refractivity contribution in [3.05, 3.63) is 65.3 Å². The number of carbonyl (C=O) groups is 1. The average molecular weight is 707 g/mol. The maximum atomic E-state index is 14.4. The molecule has 2 heterocycles. The van der Waals surface area contributed by atoms with Crippen LogP contribution in [0.3, 0.4) is 0 Å². The lowest BCUT2D eigenvalue weighted by molar-refractivity contribution is -0.136. The molecule has 48 heavy (non-hydrogen) atoms. The number of fused-ring (bicyclic) bond motifs is 1. The van der Waals surface area contributed by atoms with Gasteiger partial charge in [-0.2, -0.15) is 26.6 Å². The van der Waals surface area contributed by atoms with Crippen molar-refractivity contribution in [3.8, 4) is 17.0 Å². The van der Waals surface area contributed by atoms with Gasteiger partial charge in [0.05, 0.1) is 28.9 Å². The Morgan fingerprint density at radius 1 is 0.979 bits per heavy atom. The molecule has 1 saturated carbocycles. The maximum Gasteiger partial charge on any atom is 0.418 e. The van der Waals surface area contributed by atoms with Crippen molar-refractivity contribution in [1.82, 2.24) is 20.3 Å². The largest absolute Gasteiger partial charge is 0.481 e. The van der Waals surface area contributed by atoms with Gasteiger partial charge in [-0.3, -0.25) is 4.72 Å². The number of nitrogens with zero attached hydrogens (tertiary/aromatic N) is 3. The Balaban J connectivity index is 1.37. The first-order chi connectivity index (χ1) is 22.5. The zero-order chi connectivity index (χ0) is 34.9. The summed E-state index contributed by atoms with van der Waals surface area (Å²) in [7, 11) is -2.99. The number of amides is 1. The normalized spacial score (nSPS) is 17.1. The predicted octanol–water partition coefficient (Wildman–Crippen LogP) is 7.42. The molecule has 0 bridgehead atoms. The first kappa shape index (κ1) is 35.0. The summed E-state index contributed by atoms with van der Waals surface area (Å²) < 4.78 is 82.3. The van der Waals surface area contributed by atoms with Gasteiger partial charge in [-0.05, 0) is 88.4 Å². The van der Waals surface area contributed by atoms with Gasteiger partial charge in [0.15, 0.2) is 5.03 Å². The molecular formula is C32H34ClF3N6O5S. The van der Waals surface area contributed by atoms with E-state index in [1.54, 1.807) is 32.9 Å². The van der Waals surface area contributed by atoms with Crippen LogP contribution in [0.2, 0.25) is 5.02 Å². The highest BCUT2D eigenvalue weighted by Crippen LogP contribution is 2.40. The van der Waals surface area contributed by atoms with Crippen molar-refractivity contribution in [2.24, 2.45) is 0 Å². The SMILES string of the molecule is COc1nc(S(=O)(=O)Nc2ccccc2Cl)ccc1-c1cc(C(F)(F)F)c2nc(NC3CCC(NC(=O)OC(C)(C)C)CC3)ncc2c1. The van der Waals surface area contributed by atoms with Gasteiger partial charge < -0.3 is 20.1 Å². The number of carbonyl (C=O) groups excluding carboxylic acids is 1. The van der Waals surface area contributed by atoms with Gasteiger partial charge in [0.1, 0.15) is 5.60 Å². The lowest BCUT2D eigenvalue weighted by Crippen LogP contribution is -2.42. The highest BCUT2D eigenvalue weighted by molar-refractivity contribution is 7.92. The van der Waals surface area contributed by atoms with Crippen LogP contribution in [0.1, 0.15) is 52.0 Å². The Labute approximate surface area is 280 Å². The number of anilines is 2. The Morgan fingerprint density at radius 2 is 1.67 bits per heavy atom. The lowest BCUT2D eigenvalue weighted by atomic mass is 9.91. The van der Waals surface area contributed by atoms with Crippen molar-refractivity contribution >= 4 is 50.3 Å². The van der Waals surface area contributed by atoms with Crippen molar-refractivity contribution in [2.45, 2.75) is 75.3 Å². The van der Waals surface area contributed by atoms with Gasteiger partial charge in [0.25, 0.3) is 10.0 Å². The fraction of sp³-hybridized carbons (Fsp3) is 0.375. The highest BCUT2D eigenvalue weighted by atomic mass is 35.5. The number of sulfonamides is 1. The molecule has 0 unspecified atom stereocenters. The van der Waals surface area contributed by atoms with Crippen molar-refractivity contribution in [2.75, 3.05) is 17.1 Å². The number of benzene rings is 2. The molecule has 3 N–H and O–H groups in total. The van der Waals surface area contributed by atoms with Crippen molar-refractivity contribution in [1.29, 1.82) is 0 Å². The molecule has 0 aliphatic heterocycles. The second kappa shape index (κ2) is 13.6. The molecule has 11 nitrogen and oxygen atoms in total. The number of para-hydroxylation sites is 1. The van der Waals surface area contributed by atoms with Crippen LogP contribution in [-0.4, -0.2) is 54.3 Å². The maximum absolute atomic E-state index is 14.4. The van der Waals surface area contributed by atoms with Crippen molar-refractivity contribution in [3.63, 3.8) is 0 Å². The molecule has 0 atom stereocenters. The third-order valence-corrected chi connectivity index (χ3v) is 9.10. The molecule has 2 aromatic carbocycles. The molecular weight excluding hydrogens is 673 g/mol. The summed E-state index contributed by atoms with van der Waals surface area (Å²) in [5.74, 6) is -0.162. The number of alkyl carbamates (subject to hydrolysis) is 1. The number of methoxy groups -OCH3 is 1. The quantitative estimate of drug-likeness (QED) is 0.170. The van der Waals surface area contributed by atoms with E-state index in [1.165, 1.54) is 37.6 Å². The van der Waals surface area contributed by atoms with Gasteiger partial charge >= 0.3 is 12.3 Å². The molecule has 0 radical (unpaired) electrons. The van der Waals surface area contributed by atoms with E-state index in [0.717, 1.165) is 12.1 Å². The number of hydrogen-bond acceptors (Lipinski definition) is 9. The van der Waals surface area contributed by atoms with Crippen LogP contribution in [0.4, 0.5) is 29.6 Å². The summed E-state index contributed by atoms with van der Waals surface area (Å²) >= 11 is 6.08. The van der Waals surface area contributed by atoms with E-state index in [4.69, 9.17) is 21.1 Å². The van der Waals surface area contributed by atoms with Crippen LogP contribution in [0.15, 0.2) is 59.8 Å². The summed E-state index contributed by atoms with van der Waals surface area (Å²) in [6, 6.07) is 10.9. The standard InChI is InChI=1S/C32H34ClF3N6O5S/c1-31(2,3)47-30(43)39-21-11-9-20(10-12-21)38-29-37-17-19-15-18(16-23(27(19)41-29)32(34,35)36)22-13-14-26(40-28(22)46-4)48(44,45)42-25-8-6-5-7-24(25)33/h5-8,13-17,20-21,42H,9-12H2,1-4H3,(H,39,43)(H,37,38,41). The molecule has 1 fully saturated rings. The number of ether oxygens (including phenoxy) is 2. The predicted molar refractivity (Wildman–Crippen MR) is 176 cm³/mol. The van der Waals surface area contributed by atoms with Crippen LogP contribution in [0, 0.1) is 0 Å². The van der Waals surface area contributed by atoms with Crippen LogP contribution < -0.4 is 20.1 Å². The number of hydrogen-bond donors (Lipinski definition) is 3. The molecule has 0 spiro atoms. The Kier molecular flexibility index (Phi) is 9.92. The molecule has 1 aliphatic rings. The van der Waals surface area contributed by atoms with Crippen LogP contribution in [0.25, 0.3) is 22.0 Å². The summed E-state index contributed by atoms with van der Waals surface area (Å²) in [6.45, 7) is 5.35. The first-order valence-corrected chi connectivity index (χ1v) is 16.9. The van der Waals surface area contributed by atoms with Crippen LogP contribution >= 0.6 is 11.6 Å². The first-order valence-electron chi connectivity index (χ1n) is 15.0. The number of halogens is 4. The zero-order valence-corrected chi connectivity index (χ0v) is 28.1. The minimum Gasteiger partial charge on any atom is -0.481 e. The molecule has 1 amide bonds. The summed E-state index contributed by atoms with van der Waals surface area (Å²) in [4.78, 5) is 24.7. The molecule has 4 aromatic rings. The van der Waals surface area contributed by atoms with E-state index in [1.807, 2.05) is 0 Å². The summed E-state index contributed by atoms with van der Waals surface area (Å²) in [6.07, 6.45) is -1.41. The molecule has 2 aromatic heterocycles. The smallest absolute Gasteiger partial charge is 0.418 e. The van der Waals surface area contributed by atoms with E-state index in [0.29, 0.717) is 25.7 Å². The Hall–Kier alpha value is -4.37. The monoisotopic (exact) mass is 706 g/mol. The molecule has 256 valence electrons. The van der Waals surface area contributed by atoms with Gasteiger partial charge in [-0.1, -0.05) is 23.7 Å². The fourth-order valence-corrected chi connectivity index (χ4v) is 6.58. The number of rotatable bonds is 8. The van der Waals surface area contributed by atoms with E-state index in [2.05, 4.69) is 30.3 Å². The molecule has 1 aliphatic carbocycles.